The number of rotatable bonds is 4. The normalized spacial score (nSPS) is 10.7. The highest BCUT2D eigenvalue weighted by molar-refractivity contribution is 5.69. The molecule has 15 heavy (non-hydrogen) atoms. The number of imidazole rings is 1. The molecule has 80 valence electrons. The Bertz CT molecular complexity index is 505. The summed E-state index contributed by atoms with van der Waals surface area (Å²) < 4.78 is 0. The molecule has 0 fully saturated rings. The maximum Gasteiger partial charge on any atom is 0.278 e. The quantitative estimate of drug-likeness (QED) is 0.380. The first-order chi connectivity index (χ1) is 7.31. The Hall–Kier alpha value is -1.93. The Labute approximate surface area is 83.3 Å². The summed E-state index contributed by atoms with van der Waals surface area (Å²) in [5, 5.41) is 8.46. The zero-order valence-electron chi connectivity index (χ0n) is 7.65. The van der Waals surface area contributed by atoms with Gasteiger partial charge in [0, 0.05) is 0 Å². The highest BCUT2D eigenvalue weighted by atomic mass is 16.6. The number of nitrogens with one attached hydrogen (secondary N) is 3. The molecule has 0 radical (unpaired) electrons. The summed E-state index contributed by atoms with van der Waals surface area (Å²) in [6.07, 6.45) is 1.38. The van der Waals surface area contributed by atoms with Crippen LogP contribution in [0.3, 0.4) is 0 Å². The van der Waals surface area contributed by atoms with Gasteiger partial charge in [-0.05, 0) is 0 Å². The summed E-state index contributed by atoms with van der Waals surface area (Å²) in [6.45, 7) is -0.0236. The molecule has 4 N–H and O–H groups in total. The van der Waals surface area contributed by atoms with Crippen LogP contribution in [0.4, 0.5) is 5.95 Å². The first-order valence-corrected chi connectivity index (χ1v) is 4.23. The van der Waals surface area contributed by atoms with Crippen LogP contribution >= 0.6 is 0 Å². The van der Waals surface area contributed by atoms with Crippen LogP contribution in [-0.4, -0.2) is 38.3 Å². The topological polar surface area (TPSA) is 116 Å². The van der Waals surface area contributed by atoms with Crippen molar-refractivity contribution in [3.63, 3.8) is 0 Å². The monoisotopic (exact) mass is 211 g/mol. The fourth-order valence-corrected chi connectivity index (χ4v) is 1.06. The molecular formula is C7H9N5O3. The summed E-state index contributed by atoms with van der Waals surface area (Å²) in [5.74, 6) is 0.146. The number of aliphatic hydroxyl groups excluding tert-OH is 1. The van der Waals surface area contributed by atoms with E-state index in [0.29, 0.717) is 11.2 Å². The first-order valence-electron chi connectivity index (χ1n) is 4.23. The standard InChI is InChI=1S/C7H9N5O3/c13-1-2-15-12-7-10-5-4(6(14)11-7)8-3-9-5/h3,13H,1-2H2,(H3,8,9,10,11,12,14). The van der Waals surface area contributed by atoms with Crippen LogP contribution in [-0.2, 0) is 4.84 Å². The maximum atomic E-state index is 11.4. The highest BCUT2D eigenvalue weighted by Gasteiger charge is 2.04. The van der Waals surface area contributed by atoms with Gasteiger partial charge < -0.3 is 10.1 Å². The summed E-state index contributed by atoms with van der Waals surface area (Å²) in [5.41, 5.74) is 2.66. The van der Waals surface area contributed by atoms with Crippen molar-refractivity contribution in [2.45, 2.75) is 0 Å². The van der Waals surface area contributed by atoms with Gasteiger partial charge in [0.2, 0.25) is 5.95 Å². The van der Waals surface area contributed by atoms with Crippen LogP contribution in [0, 0.1) is 0 Å². The van der Waals surface area contributed by atoms with E-state index in [-0.39, 0.29) is 24.7 Å². The molecule has 2 aromatic heterocycles. The maximum absolute atomic E-state index is 11.4. The number of H-pyrrole nitrogens is 2. The van der Waals surface area contributed by atoms with Crippen molar-refractivity contribution >= 4 is 17.1 Å². The summed E-state index contributed by atoms with van der Waals surface area (Å²) in [6, 6.07) is 0. The molecule has 2 rings (SSSR count). The zero-order chi connectivity index (χ0) is 10.7. The molecule has 0 unspecified atom stereocenters. The molecule has 0 aromatic carbocycles. The van der Waals surface area contributed by atoms with Crippen LogP contribution in [0.25, 0.3) is 11.2 Å². The molecule has 0 saturated heterocycles. The Morgan fingerprint density at radius 1 is 1.60 bits per heavy atom. The average Bonchev–Trinajstić information content (AvgIpc) is 2.66. The Balaban J connectivity index is 2.25. The van der Waals surface area contributed by atoms with E-state index in [0.717, 1.165) is 0 Å². The second-order valence-corrected chi connectivity index (χ2v) is 2.69. The molecule has 0 spiro atoms. The molecule has 2 aromatic rings. The van der Waals surface area contributed by atoms with E-state index in [2.05, 4.69) is 25.4 Å². The third-order valence-electron chi connectivity index (χ3n) is 1.66. The minimum atomic E-state index is -0.340. The number of nitrogens with zero attached hydrogens (tertiary/aromatic N) is 2. The van der Waals surface area contributed by atoms with E-state index in [9.17, 15) is 4.79 Å². The predicted molar refractivity (Wildman–Crippen MR) is 51.2 cm³/mol. The van der Waals surface area contributed by atoms with E-state index in [4.69, 9.17) is 9.94 Å². The largest absolute Gasteiger partial charge is 0.394 e. The van der Waals surface area contributed by atoms with Gasteiger partial charge in [-0.3, -0.25) is 14.6 Å². The van der Waals surface area contributed by atoms with E-state index >= 15 is 0 Å². The lowest BCUT2D eigenvalue weighted by atomic mass is 10.5. The van der Waals surface area contributed by atoms with Crippen molar-refractivity contribution in [3.05, 3.63) is 16.7 Å². The SMILES string of the molecule is O=c1[nH]c(NOCCO)nc2nc[nH]c12. The number of hydrogen-bond acceptors (Lipinski definition) is 6. The Morgan fingerprint density at radius 2 is 2.47 bits per heavy atom. The molecular weight excluding hydrogens is 202 g/mol. The van der Waals surface area contributed by atoms with E-state index in [1.54, 1.807) is 0 Å². The lowest BCUT2D eigenvalue weighted by Gasteiger charge is -2.03. The van der Waals surface area contributed by atoms with Gasteiger partial charge in [0.05, 0.1) is 19.5 Å². The minimum absolute atomic E-state index is 0.0995. The number of aromatic nitrogens is 4. The summed E-state index contributed by atoms with van der Waals surface area (Å²) in [4.78, 5) is 29.0. The van der Waals surface area contributed by atoms with Crippen molar-refractivity contribution in [1.29, 1.82) is 0 Å². The lowest BCUT2D eigenvalue weighted by Crippen LogP contribution is -2.14. The van der Waals surface area contributed by atoms with Gasteiger partial charge in [-0.2, -0.15) is 4.98 Å². The predicted octanol–water partition coefficient (Wildman–Crippen LogP) is -1.02. The van der Waals surface area contributed by atoms with E-state index in [1.807, 2.05) is 0 Å². The number of aliphatic hydroxyl groups is 1. The van der Waals surface area contributed by atoms with Crippen molar-refractivity contribution in [1.82, 2.24) is 19.9 Å². The first kappa shape index (κ1) is 9.62. The molecule has 8 heteroatoms. The smallest absolute Gasteiger partial charge is 0.278 e. The number of fused-ring (bicyclic) bond motifs is 1. The number of hydrogen-bond donors (Lipinski definition) is 4. The summed E-state index contributed by atoms with van der Waals surface area (Å²) in [7, 11) is 0. The van der Waals surface area contributed by atoms with Crippen molar-refractivity contribution < 1.29 is 9.94 Å². The van der Waals surface area contributed by atoms with E-state index in [1.165, 1.54) is 6.33 Å². The van der Waals surface area contributed by atoms with Crippen LogP contribution in [0.15, 0.2) is 11.1 Å². The van der Waals surface area contributed by atoms with Crippen molar-refractivity contribution in [3.8, 4) is 0 Å². The van der Waals surface area contributed by atoms with Crippen LogP contribution in [0.1, 0.15) is 0 Å². The van der Waals surface area contributed by atoms with Gasteiger partial charge in [0.1, 0.15) is 0 Å². The molecule has 2 heterocycles. The fourth-order valence-electron chi connectivity index (χ4n) is 1.06. The molecule has 0 bridgehead atoms. The van der Waals surface area contributed by atoms with E-state index < -0.39 is 0 Å². The fraction of sp³-hybridized carbons (Fsp3) is 0.286. The molecule has 0 aliphatic heterocycles. The third kappa shape index (κ3) is 1.95. The molecule has 0 aliphatic rings. The van der Waals surface area contributed by atoms with Crippen molar-refractivity contribution in [2.24, 2.45) is 0 Å². The van der Waals surface area contributed by atoms with Crippen LogP contribution < -0.4 is 11.0 Å². The number of anilines is 1. The van der Waals surface area contributed by atoms with Gasteiger partial charge in [-0.15, -0.1) is 0 Å². The van der Waals surface area contributed by atoms with Crippen LogP contribution in [0.5, 0.6) is 0 Å². The van der Waals surface area contributed by atoms with Gasteiger partial charge in [0.15, 0.2) is 11.2 Å². The third-order valence-corrected chi connectivity index (χ3v) is 1.66. The number of aromatic amines is 2. The second kappa shape index (κ2) is 4.07. The second-order valence-electron chi connectivity index (χ2n) is 2.69. The Kier molecular flexibility index (Phi) is 2.61. The van der Waals surface area contributed by atoms with Crippen LogP contribution in [0.2, 0.25) is 0 Å². The van der Waals surface area contributed by atoms with Gasteiger partial charge in [-0.1, -0.05) is 0 Å². The average molecular weight is 211 g/mol. The molecule has 0 aliphatic carbocycles. The Morgan fingerprint density at radius 3 is 3.27 bits per heavy atom. The molecule has 0 atom stereocenters. The minimum Gasteiger partial charge on any atom is -0.394 e. The lowest BCUT2D eigenvalue weighted by molar-refractivity contribution is 0.131. The highest BCUT2D eigenvalue weighted by Crippen LogP contribution is 2.02. The van der Waals surface area contributed by atoms with Gasteiger partial charge >= 0.3 is 0 Å². The van der Waals surface area contributed by atoms with Gasteiger partial charge in [0.25, 0.3) is 5.56 Å². The van der Waals surface area contributed by atoms with Crippen molar-refractivity contribution in [2.75, 3.05) is 18.7 Å². The molecule has 0 saturated carbocycles. The van der Waals surface area contributed by atoms with Gasteiger partial charge in [-0.25, -0.2) is 10.5 Å². The molecule has 8 nitrogen and oxygen atoms in total. The molecule has 0 amide bonds. The summed E-state index contributed by atoms with van der Waals surface area (Å²) >= 11 is 0. The zero-order valence-corrected chi connectivity index (χ0v) is 7.65.